The summed E-state index contributed by atoms with van der Waals surface area (Å²) >= 11 is 7.51. The van der Waals surface area contributed by atoms with Gasteiger partial charge in [-0.2, -0.15) is 0 Å². The van der Waals surface area contributed by atoms with Crippen molar-refractivity contribution in [3.63, 3.8) is 0 Å². The van der Waals surface area contributed by atoms with Crippen molar-refractivity contribution in [2.75, 3.05) is 11.1 Å². The highest BCUT2D eigenvalue weighted by atomic mass is 35.5. The molecule has 9 heteroatoms. The van der Waals surface area contributed by atoms with Gasteiger partial charge >= 0.3 is 0 Å². The molecule has 0 saturated carbocycles. The third kappa shape index (κ3) is 5.13. The van der Waals surface area contributed by atoms with E-state index in [9.17, 15) is 14.0 Å². The molecule has 4 rings (SSSR count). The molecule has 3 aromatic carbocycles. The van der Waals surface area contributed by atoms with Crippen molar-refractivity contribution in [3.05, 3.63) is 89.2 Å². The molecule has 1 amide bonds. The fraction of sp³-hybridized carbons (Fsp3) is 0.0833. The van der Waals surface area contributed by atoms with E-state index in [-0.39, 0.29) is 23.1 Å². The van der Waals surface area contributed by atoms with Crippen molar-refractivity contribution in [2.24, 2.45) is 0 Å². The van der Waals surface area contributed by atoms with E-state index in [0.717, 1.165) is 11.8 Å². The quantitative estimate of drug-likeness (QED) is 0.273. The summed E-state index contributed by atoms with van der Waals surface area (Å²) in [4.78, 5) is 23.9. The molecule has 0 spiro atoms. The van der Waals surface area contributed by atoms with Gasteiger partial charge in [0.2, 0.25) is 5.91 Å². The van der Waals surface area contributed by atoms with Crippen LogP contribution in [-0.2, 0) is 4.79 Å². The van der Waals surface area contributed by atoms with Gasteiger partial charge in [-0.1, -0.05) is 47.6 Å². The van der Waals surface area contributed by atoms with Crippen LogP contribution < -0.4 is 5.32 Å². The summed E-state index contributed by atoms with van der Waals surface area (Å²) in [5.41, 5.74) is 1.95. The van der Waals surface area contributed by atoms with Crippen LogP contribution in [-0.4, -0.2) is 32.2 Å². The zero-order valence-electron chi connectivity index (χ0n) is 17.5. The van der Waals surface area contributed by atoms with Crippen molar-refractivity contribution >= 4 is 40.7 Å². The van der Waals surface area contributed by atoms with E-state index in [1.807, 2.05) is 6.07 Å². The van der Waals surface area contributed by atoms with Crippen LogP contribution in [0, 0.1) is 5.82 Å². The maximum Gasteiger partial charge on any atom is 0.221 e. The van der Waals surface area contributed by atoms with Crippen LogP contribution in [0.3, 0.4) is 0 Å². The third-order valence-electron chi connectivity index (χ3n) is 4.70. The Balaban J connectivity index is 1.63. The molecule has 0 radical (unpaired) electrons. The molecule has 33 heavy (non-hydrogen) atoms. The van der Waals surface area contributed by atoms with Crippen LogP contribution in [0.5, 0.6) is 0 Å². The van der Waals surface area contributed by atoms with Crippen molar-refractivity contribution in [2.45, 2.75) is 12.1 Å². The molecule has 1 aromatic heterocycles. The minimum Gasteiger partial charge on any atom is -0.326 e. The Hall–Kier alpha value is -3.49. The predicted octanol–water partition coefficient (Wildman–Crippen LogP) is 5.66. The molecular formula is C24H18ClFN4O2S. The Morgan fingerprint density at radius 1 is 1.00 bits per heavy atom. The molecule has 0 atom stereocenters. The van der Waals surface area contributed by atoms with E-state index in [2.05, 4.69) is 15.5 Å². The molecule has 0 aliphatic rings. The Morgan fingerprint density at radius 2 is 1.70 bits per heavy atom. The number of benzene rings is 3. The highest BCUT2D eigenvalue weighted by molar-refractivity contribution is 7.99. The number of ketones is 1. The van der Waals surface area contributed by atoms with Crippen molar-refractivity contribution < 1.29 is 14.0 Å². The van der Waals surface area contributed by atoms with Gasteiger partial charge < -0.3 is 5.32 Å². The summed E-state index contributed by atoms with van der Waals surface area (Å²) in [7, 11) is 0. The van der Waals surface area contributed by atoms with Crippen molar-refractivity contribution in [3.8, 4) is 17.1 Å². The number of hydrogen-bond acceptors (Lipinski definition) is 5. The van der Waals surface area contributed by atoms with E-state index >= 15 is 0 Å². The second-order valence-electron chi connectivity index (χ2n) is 7.04. The topological polar surface area (TPSA) is 76.9 Å². The fourth-order valence-corrected chi connectivity index (χ4v) is 4.25. The Labute approximate surface area is 198 Å². The lowest BCUT2D eigenvalue weighted by molar-refractivity contribution is -0.114. The summed E-state index contributed by atoms with van der Waals surface area (Å²) in [6.45, 7) is 1.41. The smallest absolute Gasteiger partial charge is 0.221 e. The molecule has 1 N–H and O–H groups in total. The predicted molar refractivity (Wildman–Crippen MR) is 128 cm³/mol. The highest BCUT2D eigenvalue weighted by Gasteiger charge is 2.21. The Bertz CT molecular complexity index is 1320. The molecule has 0 unspecified atom stereocenters. The number of thioether (sulfide) groups is 1. The second kappa shape index (κ2) is 9.97. The van der Waals surface area contributed by atoms with Gasteiger partial charge in [0, 0.05) is 23.7 Å². The minimum absolute atomic E-state index is 0.0641. The van der Waals surface area contributed by atoms with Crippen LogP contribution in [0.2, 0.25) is 5.02 Å². The molecule has 4 aromatic rings. The number of carbonyl (C=O) groups is 2. The lowest BCUT2D eigenvalue weighted by Gasteiger charge is -2.12. The maximum atomic E-state index is 14.7. The highest BCUT2D eigenvalue weighted by Crippen LogP contribution is 2.32. The van der Waals surface area contributed by atoms with E-state index < -0.39 is 5.82 Å². The number of Topliss-reactive ketones (excluding diaryl/α,β-unsaturated/α-hetero) is 1. The number of nitrogens with one attached hydrogen (secondary N) is 1. The molecule has 166 valence electrons. The van der Waals surface area contributed by atoms with Gasteiger partial charge in [0.05, 0.1) is 16.5 Å². The number of nitrogens with zero attached hydrogens (tertiary/aromatic N) is 3. The number of para-hydroxylation sites is 1. The van der Waals surface area contributed by atoms with Crippen LogP contribution in [0.1, 0.15) is 17.3 Å². The third-order valence-corrected chi connectivity index (χ3v) is 5.96. The first-order valence-corrected chi connectivity index (χ1v) is 11.3. The average molecular weight is 481 g/mol. The number of rotatable bonds is 7. The monoisotopic (exact) mass is 480 g/mol. The van der Waals surface area contributed by atoms with Gasteiger partial charge in [-0.25, -0.2) is 4.39 Å². The van der Waals surface area contributed by atoms with Gasteiger partial charge in [-0.05, 0) is 48.5 Å². The van der Waals surface area contributed by atoms with Crippen molar-refractivity contribution in [1.29, 1.82) is 0 Å². The first-order valence-electron chi connectivity index (χ1n) is 9.93. The van der Waals surface area contributed by atoms with Gasteiger partial charge in [-0.3, -0.25) is 14.2 Å². The zero-order chi connectivity index (χ0) is 23.4. The van der Waals surface area contributed by atoms with Crippen LogP contribution in [0.4, 0.5) is 10.1 Å². The normalized spacial score (nSPS) is 10.8. The first kappa shape index (κ1) is 22.7. The maximum absolute atomic E-state index is 14.7. The zero-order valence-corrected chi connectivity index (χ0v) is 19.0. The number of halogens is 2. The summed E-state index contributed by atoms with van der Waals surface area (Å²) < 4.78 is 16.3. The number of amides is 1. The fourth-order valence-electron chi connectivity index (χ4n) is 3.19. The van der Waals surface area contributed by atoms with E-state index in [4.69, 9.17) is 11.6 Å². The van der Waals surface area contributed by atoms with Gasteiger partial charge in [0.1, 0.15) is 5.82 Å². The van der Waals surface area contributed by atoms with E-state index in [0.29, 0.717) is 32.8 Å². The second-order valence-corrected chi connectivity index (χ2v) is 8.39. The summed E-state index contributed by atoms with van der Waals surface area (Å²) in [6, 6.07) is 20.0. The first-order chi connectivity index (χ1) is 15.9. The molecule has 0 aliphatic heterocycles. The van der Waals surface area contributed by atoms with Gasteiger partial charge in [0.15, 0.2) is 16.8 Å². The molecule has 0 aliphatic carbocycles. The van der Waals surface area contributed by atoms with Crippen LogP contribution in [0.15, 0.2) is 78.0 Å². The summed E-state index contributed by atoms with van der Waals surface area (Å²) in [5.74, 6) is -0.343. The van der Waals surface area contributed by atoms with Gasteiger partial charge in [0.25, 0.3) is 0 Å². The standard InChI is InChI=1S/C24H18ClFN4O2S/c1-15(31)27-17-12-10-16(11-13-17)22(32)14-33-24-29-28-23(18-6-2-3-7-19(18)25)30(24)21-9-5-4-8-20(21)26/h2-13H,14H2,1H3,(H,27,31). The number of aromatic nitrogens is 3. The summed E-state index contributed by atoms with van der Waals surface area (Å²) in [6.07, 6.45) is 0. The average Bonchev–Trinajstić information content (AvgIpc) is 3.21. The molecule has 0 bridgehead atoms. The molecule has 1 heterocycles. The largest absolute Gasteiger partial charge is 0.326 e. The van der Waals surface area contributed by atoms with Crippen molar-refractivity contribution in [1.82, 2.24) is 14.8 Å². The number of carbonyl (C=O) groups excluding carboxylic acids is 2. The lowest BCUT2D eigenvalue weighted by Crippen LogP contribution is -2.08. The van der Waals surface area contributed by atoms with E-state index in [1.54, 1.807) is 65.2 Å². The molecule has 0 fully saturated rings. The summed E-state index contributed by atoms with van der Waals surface area (Å²) in [5, 5.41) is 11.9. The Morgan fingerprint density at radius 3 is 2.39 bits per heavy atom. The lowest BCUT2D eigenvalue weighted by atomic mass is 10.1. The molecule has 6 nitrogen and oxygen atoms in total. The van der Waals surface area contributed by atoms with E-state index in [1.165, 1.54) is 13.0 Å². The molecule has 0 saturated heterocycles. The molecular weight excluding hydrogens is 463 g/mol. The number of anilines is 1. The SMILES string of the molecule is CC(=O)Nc1ccc(C(=O)CSc2nnc(-c3ccccc3Cl)n2-c2ccccc2F)cc1. The van der Waals surface area contributed by atoms with Gasteiger partial charge in [-0.15, -0.1) is 10.2 Å². The van der Waals surface area contributed by atoms with Crippen LogP contribution in [0.25, 0.3) is 17.1 Å². The Kier molecular flexibility index (Phi) is 6.86. The van der Waals surface area contributed by atoms with Crippen LogP contribution >= 0.6 is 23.4 Å². The minimum atomic E-state index is -0.452. The number of hydrogen-bond donors (Lipinski definition) is 1.